The Bertz CT molecular complexity index is 319. The maximum absolute atomic E-state index is 11.7. The van der Waals surface area contributed by atoms with Crippen LogP contribution in [0, 0.1) is 0 Å². The number of hydrogen-bond acceptors (Lipinski definition) is 2. The van der Waals surface area contributed by atoms with Gasteiger partial charge in [-0.3, -0.25) is 4.79 Å². The third-order valence-electron chi connectivity index (χ3n) is 1.59. The number of rotatable bonds is 4. The molecule has 1 aromatic rings. The molecule has 0 amide bonds. The number of Topliss-reactive ketones (excluding diaryl/α,β-unsaturated/α-hetero) is 1. The van der Waals surface area contributed by atoms with Gasteiger partial charge in [-0.15, -0.1) is 0 Å². The number of ether oxygens (including phenoxy) is 1. The third-order valence-corrected chi connectivity index (χ3v) is 1.59. The summed E-state index contributed by atoms with van der Waals surface area (Å²) >= 11 is 0. The average molecular weight is 218 g/mol. The highest BCUT2D eigenvalue weighted by atomic mass is 19.4. The van der Waals surface area contributed by atoms with Crippen molar-refractivity contribution in [3.8, 4) is 0 Å². The smallest absolute Gasteiger partial charge is 0.364 e. The van der Waals surface area contributed by atoms with Crippen molar-refractivity contribution in [3.05, 3.63) is 35.9 Å². The standard InChI is InChI=1S/C10H9F3O2/c11-10(12,13)7-15-6-9(14)8-4-2-1-3-5-8/h1-5H,6-7H2. The van der Waals surface area contributed by atoms with E-state index in [4.69, 9.17) is 0 Å². The molecular formula is C10H9F3O2. The van der Waals surface area contributed by atoms with Crippen molar-refractivity contribution < 1.29 is 22.7 Å². The van der Waals surface area contributed by atoms with Crippen LogP contribution in [0.3, 0.4) is 0 Å². The molecule has 0 aliphatic rings. The molecule has 0 bridgehead atoms. The molecule has 15 heavy (non-hydrogen) atoms. The van der Waals surface area contributed by atoms with Crippen LogP contribution in [0.15, 0.2) is 30.3 Å². The van der Waals surface area contributed by atoms with Gasteiger partial charge in [-0.25, -0.2) is 0 Å². The summed E-state index contributed by atoms with van der Waals surface area (Å²) in [6, 6.07) is 8.04. The lowest BCUT2D eigenvalue weighted by atomic mass is 10.1. The van der Waals surface area contributed by atoms with Crippen LogP contribution >= 0.6 is 0 Å². The first-order valence-electron chi connectivity index (χ1n) is 4.22. The molecule has 0 radical (unpaired) electrons. The van der Waals surface area contributed by atoms with Crippen LogP contribution in [0.1, 0.15) is 10.4 Å². The molecule has 5 heteroatoms. The van der Waals surface area contributed by atoms with Gasteiger partial charge in [0.2, 0.25) is 0 Å². The fourth-order valence-corrected chi connectivity index (χ4v) is 0.967. The number of halogens is 3. The Morgan fingerprint density at radius 1 is 1.20 bits per heavy atom. The van der Waals surface area contributed by atoms with E-state index in [1.807, 2.05) is 0 Å². The molecule has 1 aromatic carbocycles. The highest BCUT2D eigenvalue weighted by Crippen LogP contribution is 2.14. The van der Waals surface area contributed by atoms with E-state index in [1.165, 1.54) is 12.1 Å². The second-order valence-corrected chi connectivity index (χ2v) is 2.90. The summed E-state index contributed by atoms with van der Waals surface area (Å²) in [5, 5.41) is 0. The lowest BCUT2D eigenvalue weighted by Crippen LogP contribution is -2.20. The number of hydrogen-bond donors (Lipinski definition) is 0. The van der Waals surface area contributed by atoms with Gasteiger partial charge in [0.15, 0.2) is 5.78 Å². The summed E-state index contributed by atoms with van der Waals surface area (Å²) in [5.41, 5.74) is 0.347. The van der Waals surface area contributed by atoms with Gasteiger partial charge in [-0.05, 0) is 0 Å². The molecule has 0 fully saturated rings. The SMILES string of the molecule is O=C(COCC(F)(F)F)c1ccccc1. The van der Waals surface area contributed by atoms with E-state index in [1.54, 1.807) is 18.2 Å². The van der Waals surface area contributed by atoms with Crippen molar-refractivity contribution in [2.45, 2.75) is 6.18 Å². The molecule has 0 unspecified atom stereocenters. The molecule has 0 aromatic heterocycles. The number of carbonyl (C=O) groups excluding carboxylic acids is 1. The zero-order valence-corrected chi connectivity index (χ0v) is 7.75. The van der Waals surface area contributed by atoms with Crippen molar-refractivity contribution in [3.63, 3.8) is 0 Å². The Hall–Kier alpha value is -1.36. The van der Waals surface area contributed by atoms with E-state index in [-0.39, 0.29) is 0 Å². The van der Waals surface area contributed by atoms with Gasteiger partial charge < -0.3 is 4.74 Å². The van der Waals surface area contributed by atoms with Crippen LogP contribution in [0.2, 0.25) is 0 Å². The molecule has 0 N–H and O–H groups in total. The molecule has 0 spiro atoms. The molecule has 0 aliphatic heterocycles. The average Bonchev–Trinajstić information content (AvgIpc) is 2.17. The summed E-state index contributed by atoms with van der Waals surface area (Å²) in [6.07, 6.45) is -4.39. The Labute approximate surface area is 84.7 Å². The lowest BCUT2D eigenvalue weighted by molar-refractivity contribution is -0.170. The zero-order chi connectivity index (χ0) is 11.3. The molecule has 0 heterocycles. The minimum atomic E-state index is -4.39. The first-order valence-corrected chi connectivity index (χ1v) is 4.22. The summed E-state index contributed by atoms with van der Waals surface area (Å²) < 4.78 is 39.3. The highest BCUT2D eigenvalue weighted by molar-refractivity contribution is 5.96. The number of alkyl halides is 3. The molecule has 0 atom stereocenters. The highest BCUT2D eigenvalue weighted by Gasteiger charge is 2.27. The van der Waals surface area contributed by atoms with Gasteiger partial charge in [0.25, 0.3) is 0 Å². The van der Waals surface area contributed by atoms with Crippen LogP contribution in [-0.4, -0.2) is 25.2 Å². The molecule has 0 aliphatic carbocycles. The van der Waals surface area contributed by atoms with Gasteiger partial charge in [-0.2, -0.15) is 13.2 Å². The van der Waals surface area contributed by atoms with E-state index < -0.39 is 25.2 Å². The van der Waals surface area contributed by atoms with Gasteiger partial charge in [0.1, 0.15) is 13.2 Å². The van der Waals surface area contributed by atoms with E-state index in [2.05, 4.69) is 4.74 Å². The molecule has 0 saturated heterocycles. The van der Waals surface area contributed by atoms with E-state index in [9.17, 15) is 18.0 Å². The van der Waals surface area contributed by atoms with Crippen LogP contribution in [0.4, 0.5) is 13.2 Å². The second kappa shape index (κ2) is 4.93. The Balaban J connectivity index is 2.38. The summed E-state index contributed by atoms with van der Waals surface area (Å²) in [5.74, 6) is -0.458. The van der Waals surface area contributed by atoms with Crippen molar-refractivity contribution in [1.82, 2.24) is 0 Å². The Kier molecular flexibility index (Phi) is 3.85. The van der Waals surface area contributed by atoms with E-state index >= 15 is 0 Å². The minimum Gasteiger partial charge on any atom is -0.364 e. The van der Waals surface area contributed by atoms with Crippen LogP contribution in [0.5, 0.6) is 0 Å². The third kappa shape index (κ3) is 4.60. The molecule has 2 nitrogen and oxygen atoms in total. The molecule has 0 saturated carbocycles. The largest absolute Gasteiger partial charge is 0.411 e. The lowest BCUT2D eigenvalue weighted by Gasteiger charge is -2.06. The second-order valence-electron chi connectivity index (χ2n) is 2.90. The first kappa shape index (κ1) is 11.7. The van der Waals surface area contributed by atoms with Gasteiger partial charge in [0, 0.05) is 5.56 Å². The molecular weight excluding hydrogens is 209 g/mol. The van der Waals surface area contributed by atoms with Crippen LogP contribution < -0.4 is 0 Å². The number of benzene rings is 1. The Morgan fingerprint density at radius 3 is 2.33 bits per heavy atom. The minimum absolute atomic E-state index is 0.347. The zero-order valence-electron chi connectivity index (χ0n) is 7.75. The summed E-state index contributed by atoms with van der Waals surface area (Å²) in [7, 11) is 0. The fourth-order valence-electron chi connectivity index (χ4n) is 0.967. The first-order chi connectivity index (χ1) is 6.99. The normalized spacial score (nSPS) is 11.4. The Morgan fingerprint density at radius 2 is 1.80 bits per heavy atom. The maximum Gasteiger partial charge on any atom is 0.411 e. The maximum atomic E-state index is 11.7. The fraction of sp³-hybridized carbons (Fsp3) is 0.300. The summed E-state index contributed by atoms with van der Waals surface area (Å²) in [4.78, 5) is 11.2. The quantitative estimate of drug-likeness (QED) is 0.725. The van der Waals surface area contributed by atoms with Gasteiger partial charge >= 0.3 is 6.18 Å². The van der Waals surface area contributed by atoms with E-state index in [0.29, 0.717) is 5.56 Å². The van der Waals surface area contributed by atoms with Crippen molar-refractivity contribution in [2.24, 2.45) is 0 Å². The monoisotopic (exact) mass is 218 g/mol. The summed E-state index contributed by atoms with van der Waals surface area (Å²) in [6.45, 7) is -1.95. The van der Waals surface area contributed by atoms with Crippen molar-refractivity contribution in [2.75, 3.05) is 13.2 Å². The topological polar surface area (TPSA) is 26.3 Å². The predicted molar refractivity (Wildman–Crippen MR) is 47.6 cm³/mol. The van der Waals surface area contributed by atoms with Crippen molar-refractivity contribution in [1.29, 1.82) is 0 Å². The van der Waals surface area contributed by atoms with E-state index in [0.717, 1.165) is 0 Å². The van der Waals surface area contributed by atoms with Gasteiger partial charge in [0.05, 0.1) is 0 Å². The van der Waals surface area contributed by atoms with Gasteiger partial charge in [-0.1, -0.05) is 30.3 Å². The number of ketones is 1. The van der Waals surface area contributed by atoms with Crippen molar-refractivity contribution >= 4 is 5.78 Å². The number of carbonyl (C=O) groups is 1. The molecule has 1 rings (SSSR count). The molecule has 82 valence electrons. The predicted octanol–water partition coefficient (Wildman–Crippen LogP) is 2.45. The van der Waals surface area contributed by atoms with Crippen LogP contribution in [0.25, 0.3) is 0 Å². The van der Waals surface area contributed by atoms with Crippen LogP contribution in [-0.2, 0) is 4.74 Å².